The normalized spacial score (nSPS) is 24.9. The van der Waals surface area contributed by atoms with Crippen molar-refractivity contribution in [1.82, 2.24) is 19.9 Å². The second-order valence-electron chi connectivity index (χ2n) is 10.4. The van der Waals surface area contributed by atoms with E-state index < -0.39 is 24.7 Å². The number of nitriles is 2. The molecule has 0 saturated carbocycles. The first-order valence-electron chi connectivity index (χ1n) is 12.6. The van der Waals surface area contributed by atoms with E-state index in [0.717, 1.165) is 40.5 Å². The third-order valence-electron chi connectivity index (χ3n) is 7.96. The van der Waals surface area contributed by atoms with Crippen LogP contribution in [0.4, 0.5) is 30.1 Å². The first-order chi connectivity index (χ1) is 18.8. The maximum Gasteiger partial charge on any atom is 0.323 e. The average Bonchev–Trinajstić information content (AvgIpc) is 3.59. The van der Waals surface area contributed by atoms with Crippen LogP contribution in [0.25, 0.3) is 0 Å². The smallest absolute Gasteiger partial charge is 0.323 e. The summed E-state index contributed by atoms with van der Waals surface area (Å²) in [6.07, 6.45) is -1.53. The van der Waals surface area contributed by atoms with Crippen molar-refractivity contribution in [3.05, 3.63) is 16.0 Å². The average molecular weight is 578 g/mol. The number of nitrogens with two attached hydrogens (primary N) is 1. The lowest BCUT2D eigenvalue weighted by molar-refractivity contribution is 0.107. The van der Waals surface area contributed by atoms with Crippen LogP contribution >= 0.6 is 23.1 Å². The molecule has 0 aliphatic carbocycles. The highest BCUT2D eigenvalue weighted by Crippen LogP contribution is 2.57. The van der Waals surface area contributed by atoms with Crippen LogP contribution in [0.5, 0.6) is 6.01 Å². The minimum Gasteiger partial charge on any atom is -0.461 e. The van der Waals surface area contributed by atoms with Gasteiger partial charge in [0.1, 0.15) is 30.4 Å². The minimum absolute atomic E-state index is 0.0473. The van der Waals surface area contributed by atoms with Gasteiger partial charge < -0.3 is 20.3 Å². The van der Waals surface area contributed by atoms with Crippen LogP contribution in [0.1, 0.15) is 35.3 Å². The van der Waals surface area contributed by atoms with E-state index in [1.807, 2.05) is 11.0 Å². The van der Waals surface area contributed by atoms with Crippen LogP contribution in [0.3, 0.4) is 0 Å². The van der Waals surface area contributed by atoms with E-state index in [0.29, 0.717) is 36.6 Å². The van der Waals surface area contributed by atoms with Gasteiger partial charge in [-0.1, -0.05) is 0 Å². The number of fused-ring (bicyclic) bond motifs is 3. The van der Waals surface area contributed by atoms with E-state index in [4.69, 9.17) is 10.5 Å². The molecule has 39 heavy (non-hydrogen) atoms. The van der Waals surface area contributed by atoms with Crippen LogP contribution in [0, 0.1) is 22.7 Å². The van der Waals surface area contributed by atoms with Gasteiger partial charge in [0, 0.05) is 42.2 Å². The molecule has 0 bridgehead atoms. The van der Waals surface area contributed by atoms with E-state index in [-0.39, 0.29) is 35.8 Å². The molecule has 0 amide bonds. The molecule has 0 aromatic carbocycles. The number of hydrogen-bond acceptors (Lipinski definition) is 12. The molecular weight excluding hydrogens is 551 g/mol. The van der Waals surface area contributed by atoms with Gasteiger partial charge in [0.05, 0.1) is 28.5 Å². The summed E-state index contributed by atoms with van der Waals surface area (Å²) >= 11 is 3.18. The van der Waals surface area contributed by atoms with Crippen LogP contribution < -0.4 is 20.3 Å². The SMILES string of the molecule is N#CCN(CC(F)F)c1nc(OC[C@@]23CCCN2C[C@H](F)C3)nc(N2CC3(C2)SCc2sc(N)c(C#N)c23)n1. The highest BCUT2D eigenvalue weighted by atomic mass is 32.2. The molecule has 0 unspecified atom stereocenters. The van der Waals surface area contributed by atoms with E-state index in [1.54, 1.807) is 11.8 Å². The van der Waals surface area contributed by atoms with Crippen molar-refractivity contribution in [3.8, 4) is 18.1 Å². The quantitative estimate of drug-likeness (QED) is 0.465. The number of halogens is 3. The largest absolute Gasteiger partial charge is 0.461 e. The molecule has 3 fully saturated rings. The van der Waals surface area contributed by atoms with Gasteiger partial charge in [-0.2, -0.15) is 25.5 Å². The van der Waals surface area contributed by atoms with Gasteiger partial charge in [0.25, 0.3) is 6.43 Å². The first-order valence-corrected chi connectivity index (χ1v) is 14.4. The standard InChI is InChI=1S/C24H26F3N9OS2/c25-14-6-23(2-1-4-36(23)8-14)13-37-22-32-20(34(5-3-28)9-17(26)27)31-21(33-22)35-11-24(12-35)18-15(7-29)19(30)39-16(18)10-38-24/h14,17H,1-2,4-6,8-13,30H2/t14-,23+/m1/s1. The summed E-state index contributed by atoms with van der Waals surface area (Å²) in [5.41, 5.74) is 7.12. The number of hydrogen-bond donors (Lipinski definition) is 1. The molecule has 206 valence electrons. The number of aromatic nitrogens is 3. The zero-order chi connectivity index (χ0) is 27.4. The Kier molecular flexibility index (Phi) is 6.64. The molecule has 2 aromatic heterocycles. The molecule has 10 nitrogen and oxygen atoms in total. The van der Waals surface area contributed by atoms with Crippen molar-refractivity contribution in [3.63, 3.8) is 0 Å². The number of nitrogen functional groups attached to an aromatic ring is 1. The van der Waals surface area contributed by atoms with Crippen molar-refractivity contribution < 1.29 is 17.9 Å². The van der Waals surface area contributed by atoms with Crippen LogP contribution in [0.15, 0.2) is 0 Å². The molecule has 6 heterocycles. The Morgan fingerprint density at radius 3 is 2.82 bits per heavy atom. The highest BCUT2D eigenvalue weighted by molar-refractivity contribution is 8.00. The Balaban J connectivity index is 1.28. The maximum atomic E-state index is 14.2. The molecule has 2 aromatic rings. The van der Waals surface area contributed by atoms with Crippen LogP contribution in [0.2, 0.25) is 0 Å². The lowest BCUT2D eigenvalue weighted by Gasteiger charge is -2.47. The van der Waals surface area contributed by atoms with Gasteiger partial charge in [-0.25, -0.2) is 13.2 Å². The first kappa shape index (κ1) is 26.2. The fraction of sp³-hybridized carbons (Fsp3) is 0.625. The fourth-order valence-corrected chi connectivity index (χ4v) is 9.04. The topological polar surface area (TPSA) is 131 Å². The molecule has 3 saturated heterocycles. The van der Waals surface area contributed by atoms with Crippen molar-refractivity contribution in [2.75, 3.05) is 61.4 Å². The van der Waals surface area contributed by atoms with E-state index in [2.05, 4.69) is 25.9 Å². The van der Waals surface area contributed by atoms with Gasteiger partial charge in [-0.05, 0) is 19.4 Å². The Bertz CT molecular complexity index is 1360. The van der Waals surface area contributed by atoms with Crippen molar-refractivity contribution in [1.29, 1.82) is 10.5 Å². The zero-order valence-electron chi connectivity index (χ0n) is 20.9. The summed E-state index contributed by atoms with van der Waals surface area (Å²) < 4.78 is 46.6. The summed E-state index contributed by atoms with van der Waals surface area (Å²) in [6, 6.07) is 4.08. The lowest BCUT2D eigenvalue weighted by Crippen LogP contribution is -2.57. The van der Waals surface area contributed by atoms with Crippen LogP contribution in [-0.2, 0) is 10.5 Å². The van der Waals surface area contributed by atoms with Gasteiger partial charge in [0.2, 0.25) is 11.9 Å². The summed E-state index contributed by atoms with van der Waals surface area (Å²) in [6.45, 7) is 1.27. The van der Waals surface area contributed by atoms with Crippen molar-refractivity contribution in [2.24, 2.45) is 0 Å². The monoisotopic (exact) mass is 577 g/mol. The predicted molar refractivity (Wildman–Crippen MR) is 141 cm³/mol. The van der Waals surface area contributed by atoms with E-state index in [1.165, 1.54) is 11.3 Å². The van der Waals surface area contributed by atoms with Crippen molar-refractivity contribution >= 4 is 40.0 Å². The van der Waals surface area contributed by atoms with E-state index in [9.17, 15) is 23.7 Å². The second kappa shape index (κ2) is 9.87. The Labute approximate surface area is 231 Å². The third kappa shape index (κ3) is 4.50. The number of ether oxygens (including phenoxy) is 1. The highest BCUT2D eigenvalue weighted by Gasteiger charge is 2.53. The fourth-order valence-electron chi connectivity index (χ4n) is 6.23. The summed E-state index contributed by atoms with van der Waals surface area (Å²) in [4.78, 5) is 19.4. The summed E-state index contributed by atoms with van der Waals surface area (Å²) in [5.74, 6) is 0.921. The Hall–Kier alpha value is -3.01. The number of thioether (sulfide) groups is 1. The molecule has 4 aliphatic heterocycles. The third-order valence-corrected chi connectivity index (χ3v) is 10.6. The number of anilines is 3. The molecule has 15 heteroatoms. The van der Waals surface area contributed by atoms with Crippen LogP contribution in [-0.4, -0.2) is 83.9 Å². The Morgan fingerprint density at radius 2 is 2.08 bits per heavy atom. The lowest BCUT2D eigenvalue weighted by atomic mass is 9.88. The predicted octanol–water partition coefficient (Wildman–Crippen LogP) is 2.90. The maximum absolute atomic E-state index is 14.2. The summed E-state index contributed by atoms with van der Waals surface area (Å²) in [5, 5.41) is 19.4. The van der Waals surface area contributed by atoms with Gasteiger partial charge in [-0.3, -0.25) is 4.90 Å². The molecule has 6 rings (SSSR count). The molecule has 1 spiro atoms. The van der Waals surface area contributed by atoms with Gasteiger partial charge in [0.15, 0.2) is 0 Å². The minimum atomic E-state index is -2.71. The molecule has 2 N–H and O–H groups in total. The van der Waals surface area contributed by atoms with E-state index >= 15 is 0 Å². The molecule has 2 atom stereocenters. The molecule has 4 aliphatic rings. The van der Waals surface area contributed by atoms with Gasteiger partial charge >= 0.3 is 6.01 Å². The molecule has 0 radical (unpaired) electrons. The number of thiophene rings is 1. The number of alkyl halides is 3. The number of rotatable bonds is 8. The van der Waals surface area contributed by atoms with Crippen molar-refractivity contribution in [2.45, 2.75) is 47.9 Å². The summed E-state index contributed by atoms with van der Waals surface area (Å²) in [7, 11) is 0. The van der Waals surface area contributed by atoms with Gasteiger partial charge in [-0.15, -0.1) is 23.1 Å². The number of nitrogens with zero attached hydrogens (tertiary/aromatic N) is 8. The Morgan fingerprint density at radius 1 is 1.26 bits per heavy atom. The zero-order valence-corrected chi connectivity index (χ0v) is 22.6. The molecular formula is C24H26F3N9OS2. The second-order valence-corrected chi connectivity index (χ2v) is 12.9.